The van der Waals surface area contributed by atoms with Gasteiger partial charge in [0.15, 0.2) is 0 Å². The molecule has 2 aliphatic rings. The van der Waals surface area contributed by atoms with Crippen LogP contribution in [0.5, 0.6) is 0 Å². The van der Waals surface area contributed by atoms with Crippen LogP contribution < -0.4 is 20.3 Å². The van der Waals surface area contributed by atoms with Crippen molar-refractivity contribution in [3.63, 3.8) is 0 Å². The number of carbonyl (C=O) groups excluding carboxylic acids is 4. The number of amides is 4. The Kier molecular flexibility index (Phi) is 11.0. The summed E-state index contributed by atoms with van der Waals surface area (Å²) in [6.45, 7) is 4.60. The third kappa shape index (κ3) is 9.17. The monoisotopic (exact) mass is 715 g/mol. The molecule has 4 rings (SSSR count). The van der Waals surface area contributed by atoms with Gasteiger partial charge in [0, 0.05) is 61.7 Å². The summed E-state index contributed by atoms with van der Waals surface area (Å²) in [5.74, 6) is -6.35. The molecule has 2 aromatic rings. The zero-order valence-electron chi connectivity index (χ0n) is 26.7. The first-order chi connectivity index (χ1) is 22.3. The number of alkyl halides is 2. The average Bonchev–Trinajstić information content (AvgIpc) is 3.40. The number of sulfonamides is 1. The molecule has 12 nitrogen and oxygen atoms in total. The molecule has 1 aliphatic heterocycles. The van der Waals surface area contributed by atoms with Crippen LogP contribution in [0.25, 0.3) is 0 Å². The van der Waals surface area contributed by atoms with Crippen molar-refractivity contribution in [2.24, 2.45) is 0 Å². The number of halogens is 4. The van der Waals surface area contributed by atoms with E-state index in [1.807, 2.05) is 0 Å². The predicted octanol–water partition coefficient (Wildman–Crippen LogP) is 3.89. The van der Waals surface area contributed by atoms with E-state index in [-0.39, 0.29) is 42.2 Å². The zero-order valence-corrected chi connectivity index (χ0v) is 28.3. The topological polar surface area (TPSA) is 154 Å². The number of hydrogen-bond acceptors (Lipinski definition) is 7. The van der Waals surface area contributed by atoms with E-state index >= 15 is 4.39 Å². The van der Waals surface area contributed by atoms with Crippen LogP contribution in [0.2, 0.25) is 5.02 Å². The van der Waals surface area contributed by atoms with Gasteiger partial charge in [0.1, 0.15) is 23.5 Å². The molecule has 262 valence electrons. The van der Waals surface area contributed by atoms with Crippen molar-refractivity contribution < 1.29 is 45.5 Å². The van der Waals surface area contributed by atoms with E-state index in [2.05, 4.69) is 15.4 Å². The lowest BCUT2D eigenvalue weighted by molar-refractivity contribution is -0.133. The summed E-state index contributed by atoms with van der Waals surface area (Å²) >= 11 is 6.46. The highest BCUT2D eigenvalue weighted by atomic mass is 35.5. The van der Waals surface area contributed by atoms with E-state index in [4.69, 9.17) is 16.3 Å². The van der Waals surface area contributed by atoms with Crippen LogP contribution in [0.1, 0.15) is 58.1 Å². The Bertz CT molecular complexity index is 1680. The fraction of sp³-hybridized carbons (Fsp3) is 0.484. The van der Waals surface area contributed by atoms with Crippen LogP contribution in [0.3, 0.4) is 0 Å². The Morgan fingerprint density at radius 3 is 2.40 bits per heavy atom. The van der Waals surface area contributed by atoms with Gasteiger partial charge in [0.2, 0.25) is 21.8 Å². The standard InChI is InChI=1S/C31H37ClF3N5O7S/c1-30(2,3)47-29(44)39(4)12-11-36-48(45,46)21-14-18(33)13-20(15-21)40(28(43)24-9-10-25(41)38-24)26(22-7-5-6-8-23(22)32)27(42)37-19-16-31(34,35)17-19/h5-8,13-15,19,24,26,36H,9-12,16-17H2,1-4H3,(H,37,42)(H,38,41)/t24-,26?/m0/s1. The summed E-state index contributed by atoms with van der Waals surface area (Å²) in [4.78, 5) is 53.6. The highest BCUT2D eigenvalue weighted by molar-refractivity contribution is 7.89. The lowest BCUT2D eigenvalue weighted by atomic mass is 9.87. The summed E-state index contributed by atoms with van der Waals surface area (Å²) in [5, 5.41) is 5.00. The number of hydrogen-bond donors (Lipinski definition) is 3. The Hall–Kier alpha value is -3.89. The number of nitrogens with zero attached hydrogens (tertiary/aromatic N) is 2. The molecule has 4 amide bonds. The molecular weight excluding hydrogens is 679 g/mol. The van der Waals surface area contributed by atoms with Crippen LogP contribution in [0.15, 0.2) is 47.4 Å². The van der Waals surface area contributed by atoms with Gasteiger partial charge in [-0.1, -0.05) is 29.8 Å². The van der Waals surface area contributed by atoms with Crippen LogP contribution >= 0.6 is 11.6 Å². The van der Waals surface area contributed by atoms with Gasteiger partial charge in [-0.15, -0.1) is 0 Å². The Morgan fingerprint density at radius 1 is 1.15 bits per heavy atom. The summed E-state index contributed by atoms with van der Waals surface area (Å²) in [6.07, 6.45) is -1.98. The van der Waals surface area contributed by atoms with Crippen molar-refractivity contribution in [1.82, 2.24) is 20.3 Å². The lowest BCUT2D eigenvalue weighted by Gasteiger charge is -2.38. The fourth-order valence-corrected chi connectivity index (χ4v) is 6.52. The number of ether oxygens (including phenoxy) is 1. The molecule has 0 spiro atoms. The maximum absolute atomic E-state index is 15.3. The Labute approximate surface area is 281 Å². The van der Waals surface area contributed by atoms with Crippen molar-refractivity contribution in [1.29, 1.82) is 0 Å². The largest absolute Gasteiger partial charge is 0.444 e. The van der Waals surface area contributed by atoms with E-state index in [9.17, 15) is 36.4 Å². The smallest absolute Gasteiger partial charge is 0.410 e. The van der Waals surface area contributed by atoms with Gasteiger partial charge in [-0.05, 0) is 51.5 Å². The Morgan fingerprint density at radius 2 is 1.81 bits per heavy atom. The molecule has 3 N–H and O–H groups in total. The number of benzene rings is 2. The van der Waals surface area contributed by atoms with Gasteiger partial charge in [-0.25, -0.2) is 31.1 Å². The second-order valence-corrected chi connectivity index (χ2v) is 14.9. The molecule has 0 aromatic heterocycles. The molecule has 1 aliphatic carbocycles. The number of anilines is 1. The van der Waals surface area contributed by atoms with Crippen LogP contribution in [0.4, 0.5) is 23.7 Å². The zero-order chi connectivity index (χ0) is 35.6. The minimum atomic E-state index is -4.48. The second-order valence-electron chi connectivity index (χ2n) is 12.7. The molecule has 1 saturated carbocycles. The molecule has 1 unspecified atom stereocenters. The summed E-state index contributed by atoms with van der Waals surface area (Å²) in [7, 11) is -3.08. The summed E-state index contributed by atoms with van der Waals surface area (Å²) in [6, 6.07) is 4.60. The first kappa shape index (κ1) is 36.9. The van der Waals surface area contributed by atoms with Crippen LogP contribution in [0, 0.1) is 5.82 Å². The van der Waals surface area contributed by atoms with E-state index in [1.165, 1.54) is 25.2 Å². The third-order valence-electron chi connectivity index (χ3n) is 7.56. The van der Waals surface area contributed by atoms with Crippen molar-refractivity contribution in [2.45, 2.75) is 81.0 Å². The molecule has 0 bridgehead atoms. The second kappa shape index (κ2) is 14.3. The molecule has 2 aromatic carbocycles. The molecule has 2 fully saturated rings. The quantitative estimate of drug-likeness (QED) is 0.319. The first-order valence-electron chi connectivity index (χ1n) is 15.1. The maximum atomic E-state index is 15.3. The number of nitrogens with one attached hydrogen (secondary N) is 3. The van der Waals surface area contributed by atoms with Crippen molar-refractivity contribution in [3.05, 3.63) is 58.9 Å². The van der Waals surface area contributed by atoms with Crippen molar-refractivity contribution in [2.75, 3.05) is 25.0 Å². The van der Waals surface area contributed by atoms with Gasteiger partial charge in [-0.2, -0.15) is 0 Å². The van der Waals surface area contributed by atoms with Gasteiger partial charge in [0.25, 0.3) is 11.8 Å². The van der Waals surface area contributed by atoms with E-state index in [0.717, 1.165) is 21.9 Å². The molecule has 0 radical (unpaired) electrons. The molecule has 17 heteroatoms. The first-order valence-corrected chi connectivity index (χ1v) is 16.9. The minimum Gasteiger partial charge on any atom is -0.444 e. The number of carbonyl (C=O) groups is 4. The van der Waals surface area contributed by atoms with Crippen molar-refractivity contribution >= 4 is 51.1 Å². The molecule has 2 atom stereocenters. The Balaban J connectivity index is 1.71. The highest BCUT2D eigenvalue weighted by Gasteiger charge is 2.48. The fourth-order valence-electron chi connectivity index (χ4n) is 5.21. The number of likely N-dealkylation sites (N-methyl/N-ethyl adjacent to an activating group) is 1. The molecule has 1 heterocycles. The normalized spacial score (nSPS) is 18.3. The highest BCUT2D eigenvalue weighted by Crippen LogP contribution is 2.39. The summed E-state index contributed by atoms with van der Waals surface area (Å²) < 4.78 is 76.8. The SMILES string of the molecule is CN(CCNS(=O)(=O)c1cc(F)cc(N(C(=O)[C@@H]2CCC(=O)N2)C(C(=O)NC2CC(F)(F)C2)c2ccccc2Cl)c1)C(=O)OC(C)(C)C. The maximum Gasteiger partial charge on any atom is 0.410 e. The molecule has 48 heavy (non-hydrogen) atoms. The van der Waals surface area contributed by atoms with Crippen molar-refractivity contribution in [3.8, 4) is 0 Å². The molecular formula is C31H37ClF3N5O7S. The lowest BCUT2D eigenvalue weighted by Crippen LogP contribution is -2.55. The van der Waals surface area contributed by atoms with Gasteiger partial charge >= 0.3 is 6.09 Å². The third-order valence-corrected chi connectivity index (χ3v) is 9.35. The minimum absolute atomic E-state index is 0.00451. The van der Waals surface area contributed by atoms with Gasteiger partial charge in [-0.3, -0.25) is 19.3 Å². The molecule has 1 saturated heterocycles. The van der Waals surface area contributed by atoms with E-state index in [1.54, 1.807) is 26.8 Å². The van der Waals surface area contributed by atoms with Gasteiger partial charge < -0.3 is 20.3 Å². The van der Waals surface area contributed by atoms with E-state index < -0.39 is 87.0 Å². The summed E-state index contributed by atoms with van der Waals surface area (Å²) in [5.41, 5.74) is -1.13. The van der Waals surface area contributed by atoms with Crippen LogP contribution in [-0.2, 0) is 29.1 Å². The average molecular weight is 716 g/mol. The number of rotatable bonds is 11. The predicted molar refractivity (Wildman–Crippen MR) is 169 cm³/mol. The van der Waals surface area contributed by atoms with Crippen LogP contribution in [-0.4, -0.2) is 80.9 Å². The van der Waals surface area contributed by atoms with E-state index in [0.29, 0.717) is 6.07 Å². The van der Waals surface area contributed by atoms with Gasteiger partial charge in [0.05, 0.1) is 4.90 Å².